The minimum atomic E-state index is -4.03. The molecule has 0 saturated heterocycles. The van der Waals surface area contributed by atoms with Gasteiger partial charge in [-0.25, -0.2) is 33.7 Å². The van der Waals surface area contributed by atoms with Gasteiger partial charge in [0.1, 0.15) is 40.1 Å². The number of aliphatic imine (C=N–C) groups is 4. The predicted octanol–water partition coefficient (Wildman–Crippen LogP) is 22.8. The number of hydrogen-bond acceptors (Lipinski definition) is 27. The van der Waals surface area contributed by atoms with E-state index in [0.717, 1.165) is 44.3 Å². The van der Waals surface area contributed by atoms with Crippen molar-refractivity contribution in [3.8, 4) is 53.3 Å². The Hall–Kier alpha value is -14.9. The molecular weight excluding hydrogens is 2240 g/mol. The summed E-state index contributed by atoms with van der Waals surface area (Å²) in [6.45, 7) is 7.15. The minimum Gasteiger partial charge on any atom is -0.872 e. The minimum absolute atomic E-state index is 0. The molecule has 16 aromatic rings. The molecule has 16 rings (SSSR count). The van der Waals surface area contributed by atoms with Crippen LogP contribution in [0.3, 0.4) is 0 Å². The number of benzene rings is 16. The van der Waals surface area contributed by atoms with E-state index in [-0.39, 0.29) is 174 Å². The van der Waals surface area contributed by atoms with Gasteiger partial charge >= 0.3 is 97.4 Å². The third-order valence-electron chi connectivity index (χ3n) is 19.9. The average Bonchev–Trinajstić information content (AvgIpc) is 0.781. The van der Waals surface area contributed by atoms with Crippen LogP contribution in [-0.2, 0) is 137 Å². The third-order valence-corrected chi connectivity index (χ3v) is 25.3. The summed E-state index contributed by atoms with van der Waals surface area (Å²) in [5.41, 5.74) is 7.55. The Morgan fingerprint density at radius 1 is 0.227 bits per heavy atom. The maximum absolute atomic E-state index is 13.3. The van der Waals surface area contributed by atoms with Crippen LogP contribution in [0.15, 0.2) is 379 Å². The summed E-state index contributed by atoms with van der Waals surface area (Å²) in [6.07, 6.45) is 5.68. The van der Waals surface area contributed by atoms with Gasteiger partial charge in [0.05, 0.1) is 49.9 Å². The molecule has 0 unspecified atom stereocenters. The molecule has 0 atom stereocenters. The number of nitrogens with zero attached hydrogens (tertiary/aromatic N) is 17. The molecule has 0 aliphatic heterocycles. The summed E-state index contributed by atoms with van der Waals surface area (Å²) >= 11 is 0. The van der Waals surface area contributed by atoms with Crippen molar-refractivity contribution in [2.24, 2.45) is 20.0 Å². The van der Waals surface area contributed by atoms with E-state index in [1.54, 1.807) is 273 Å². The standard InChI is InChI=1S/4C25H22N3O3S.5C2H3N.2H2O.5Zn/c4*1-28(2)23-14-7-11-20-19(23)10-8-16-25(20)32(30,31)27-22-13-5-4-12-21(22)26-17-18-9-3-6-15-24(18)29;5*1-2-3;;;;;;;/h4*3-17H,1-2H3,(H,26,29);5*1H3;2*1H2;;;;;/q4*-1;;;;;;;;5*+2/p-6. The van der Waals surface area contributed by atoms with Gasteiger partial charge in [0.25, 0.3) is 0 Å². The summed E-state index contributed by atoms with van der Waals surface area (Å²) in [5.74, 6) is -0.645. The quantitative estimate of drug-likeness (QED) is 0.0400. The van der Waals surface area contributed by atoms with E-state index in [1.165, 1.54) is 83.7 Å². The molecule has 0 amide bonds. The first-order chi connectivity index (χ1) is 68.5. The molecule has 0 spiro atoms. The smallest absolute Gasteiger partial charge is 0.872 e. The fourth-order valence-corrected chi connectivity index (χ4v) is 18.6. The van der Waals surface area contributed by atoms with Gasteiger partial charge in [-0.2, -0.15) is 26.3 Å². The van der Waals surface area contributed by atoms with Crippen molar-refractivity contribution >= 4 is 176 Å². The Morgan fingerprint density at radius 2 is 0.373 bits per heavy atom. The van der Waals surface area contributed by atoms with Crippen molar-refractivity contribution in [2.45, 2.75) is 54.2 Å². The van der Waals surface area contributed by atoms with E-state index in [1.807, 2.05) is 149 Å². The third kappa shape index (κ3) is 37.4. The van der Waals surface area contributed by atoms with E-state index < -0.39 is 40.1 Å². The van der Waals surface area contributed by atoms with E-state index in [2.05, 4.69) is 38.9 Å². The molecule has 150 heavy (non-hydrogen) atoms. The van der Waals surface area contributed by atoms with Gasteiger partial charge in [-0.15, -0.1) is 45.7 Å². The summed E-state index contributed by atoms with van der Waals surface area (Å²) in [6, 6.07) is 104. The Morgan fingerprint density at radius 3 is 0.540 bits per heavy atom. The maximum atomic E-state index is 13.3. The zero-order valence-electron chi connectivity index (χ0n) is 84.7. The van der Waals surface area contributed by atoms with Crippen molar-refractivity contribution in [2.75, 3.05) is 76.0 Å². The second-order valence-electron chi connectivity index (χ2n) is 30.6. The summed E-state index contributed by atoms with van der Waals surface area (Å²) in [4.78, 5) is 25.6. The van der Waals surface area contributed by atoms with Gasteiger partial charge in [0.15, 0.2) is 0 Å². The van der Waals surface area contributed by atoms with Crippen LogP contribution in [-0.4, -0.2) is 126 Å². The normalized spacial score (nSPS) is 10.2. The topological polar surface area (TPSA) is 527 Å². The first-order valence-electron chi connectivity index (χ1n) is 43.3. The predicted molar refractivity (Wildman–Crippen MR) is 573 cm³/mol. The molecular formula is C110H101N17O14S4Zn5. The molecule has 2 N–H and O–H groups in total. The summed E-state index contributed by atoms with van der Waals surface area (Å²) < 4.78 is 123. The SMILES string of the molecule is CC#N.CC#N.CC#N.CC#N.CC#N.CN(C)c1cccc2c(S(=O)(=O)[N-]c3ccccc3N=Cc3ccccc3[O-])cccc12.CN(C)c1cccc2c(S(=O)(=O)[N-]c3ccccc3N=Cc3ccccc3[O-])cccc12.CN(C)c1cccc2c(S(=O)(=O)[N-]c3ccccc3N=Cc3ccccc3[O-])cccc12.CN(C)c1cccc2c(S(=O)(=O)[N-]c3ccccc3N=Cc3ccccc3[O-])cccc12.[OH-].[OH-].[Zn+2].[Zn+2].[Zn+2].[Zn+2].[Zn+2]. The molecule has 40 heteroatoms. The number of nitriles is 5. The molecule has 0 aromatic heterocycles. The number of rotatable bonds is 24. The number of fused-ring (bicyclic) bond motifs is 4. The number of sulfonamides is 4. The van der Waals surface area contributed by atoms with Crippen LogP contribution in [0, 0.1) is 56.7 Å². The van der Waals surface area contributed by atoms with Gasteiger partial charge in [0.2, 0.25) is 0 Å². The van der Waals surface area contributed by atoms with Gasteiger partial charge in [0, 0.05) is 204 Å². The van der Waals surface area contributed by atoms with Gasteiger partial charge in [-0.1, -0.05) is 267 Å². The first kappa shape index (κ1) is 133. The molecule has 744 valence electrons. The number of para-hydroxylation sites is 8. The maximum Gasteiger partial charge on any atom is 2.00 e. The second-order valence-corrected chi connectivity index (χ2v) is 36.9. The zero-order chi connectivity index (χ0) is 104. The van der Waals surface area contributed by atoms with Crippen molar-refractivity contribution in [1.29, 1.82) is 26.3 Å². The van der Waals surface area contributed by atoms with E-state index in [4.69, 9.17) is 26.3 Å². The van der Waals surface area contributed by atoms with Crippen molar-refractivity contribution in [3.63, 3.8) is 0 Å². The van der Waals surface area contributed by atoms with Gasteiger partial charge < -0.3 is 69.9 Å². The fraction of sp³-hybridized carbons (Fsp3) is 0.118. The Kier molecular flexibility index (Phi) is 58.4. The molecule has 31 nitrogen and oxygen atoms in total. The van der Waals surface area contributed by atoms with Crippen LogP contribution < -0.4 is 40.0 Å². The molecule has 0 fully saturated rings. The molecule has 0 saturated carbocycles. The molecule has 0 radical (unpaired) electrons. The monoisotopic (exact) mass is 2330 g/mol. The fourth-order valence-electron chi connectivity index (χ4n) is 13.7. The summed E-state index contributed by atoms with van der Waals surface area (Å²) in [5, 5.41) is 90.0. The largest absolute Gasteiger partial charge is 2.00 e. The van der Waals surface area contributed by atoms with Gasteiger partial charge in [-0.3, -0.25) is 20.0 Å². The summed E-state index contributed by atoms with van der Waals surface area (Å²) in [7, 11) is -0.810. The zero-order valence-corrected chi connectivity index (χ0v) is 103. The van der Waals surface area contributed by atoms with Crippen LogP contribution in [0.25, 0.3) is 62.0 Å². The van der Waals surface area contributed by atoms with Crippen molar-refractivity contribution in [3.05, 3.63) is 381 Å². The van der Waals surface area contributed by atoms with Gasteiger partial charge in [-0.05, 0) is 95.1 Å². The van der Waals surface area contributed by atoms with Crippen molar-refractivity contribution in [1.82, 2.24) is 0 Å². The molecule has 0 aliphatic carbocycles. The Bertz CT molecular complexity index is 7080. The van der Waals surface area contributed by atoms with Crippen LogP contribution in [0.4, 0.5) is 68.2 Å². The number of anilines is 4. The Labute approximate surface area is 940 Å². The van der Waals surface area contributed by atoms with Crippen LogP contribution >= 0.6 is 0 Å². The van der Waals surface area contributed by atoms with E-state index in [0.29, 0.717) is 66.5 Å². The molecule has 0 heterocycles. The first-order valence-corrected chi connectivity index (χ1v) is 49.1. The van der Waals surface area contributed by atoms with Crippen LogP contribution in [0.1, 0.15) is 56.9 Å². The molecule has 0 aliphatic rings. The Balaban J connectivity index is 0.000000941. The second kappa shape index (κ2) is 65.8. The van der Waals surface area contributed by atoms with Crippen LogP contribution in [0.2, 0.25) is 0 Å². The number of hydrogen-bond donors (Lipinski definition) is 0. The average molecular weight is 2340 g/mol. The molecule has 0 bridgehead atoms. The van der Waals surface area contributed by atoms with E-state index in [9.17, 15) is 54.1 Å². The molecule has 16 aromatic carbocycles. The van der Waals surface area contributed by atoms with Crippen molar-refractivity contribution < 1.29 is 162 Å². The van der Waals surface area contributed by atoms with Crippen LogP contribution in [0.5, 0.6) is 23.0 Å². The van der Waals surface area contributed by atoms with E-state index >= 15 is 0 Å².